The number of rotatable bonds is 14. The van der Waals surface area contributed by atoms with Gasteiger partial charge in [-0.25, -0.2) is 0 Å². The highest BCUT2D eigenvalue weighted by Crippen LogP contribution is 2.18. The molecular formula is C21H51N3O2. The van der Waals surface area contributed by atoms with Gasteiger partial charge >= 0.3 is 0 Å². The molecule has 5 N–H and O–H groups in total. The van der Waals surface area contributed by atoms with Crippen molar-refractivity contribution in [1.82, 2.24) is 10.2 Å². The number of nitrogens with one attached hydrogen (secondary N) is 1. The molecule has 26 heavy (non-hydrogen) atoms. The number of hydrogen-bond acceptors (Lipinski definition) is 5. The molecule has 0 heterocycles. The van der Waals surface area contributed by atoms with Crippen LogP contribution >= 0.6 is 0 Å². The van der Waals surface area contributed by atoms with Crippen LogP contribution in [-0.4, -0.2) is 68.1 Å². The summed E-state index contributed by atoms with van der Waals surface area (Å²) in [5.41, 5.74) is 6.34. The molecule has 0 saturated carbocycles. The van der Waals surface area contributed by atoms with Crippen molar-refractivity contribution in [2.75, 3.05) is 47.4 Å². The van der Waals surface area contributed by atoms with Crippen LogP contribution in [0, 0.1) is 0 Å². The van der Waals surface area contributed by atoms with Crippen molar-refractivity contribution in [1.29, 1.82) is 0 Å². The minimum absolute atomic E-state index is 0.0134. The quantitative estimate of drug-likeness (QED) is 0.349. The van der Waals surface area contributed by atoms with Crippen molar-refractivity contribution >= 4 is 0 Å². The largest absolute Gasteiger partial charge is 0.396 e. The van der Waals surface area contributed by atoms with Gasteiger partial charge in [0.15, 0.2) is 0 Å². The Kier molecular flexibility index (Phi) is 29.1. The van der Waals surface area contributed by atoms with Gasteiger partial charge in [-0.3, -0.25) is 0 Å². The van der Waals surface area contributed by atoms with Gasteiger partial charge in [-0.15, -0.1) is 0 Å². The number of likely N-dealkylation sites (N-methyl/N-ethyl adjacent to an activating group) is 1. The molecule has 0 fully saturated rings. The first-order valence-corrected chi connectivity index (χ1v) is 10.7. The minimum Gasteiger partial charge on any atom is -0.396 e. The molecule has 0 amide bonds. The van der Waals surface area contributed by atoms with Gasteiger partial charge in [0.25, 0.3) is 0 Å². The van der Waals surface area contributed by atoms with E-state index < -0.39 is 0 Å². The Morgan fingerprint density at radius 2 is 1.31 bits per heavy atom. The highest BCUT2D eigenvalue weighted by atomic mass is 16.3. The van der Waals surface area contributed by atoms with Crippen LogP contribution in [0.2, 0.25) is 0 Å². The predicted molar refractivity (Wildman–Crippen MR) is 117 cm³/mol. The molecule has 0 rings (SSSR count). The molecule has 0 aliphatic heterocycles. The van der Waals surface area contributed by atoms with Crippen LogP contribution in [0.3, 0.4) is 0 Å². The standard InChI is InChI=1S/C13H30N2O.C4H11N.C4H10O/c1-3-9-13(14,12-15-2)10-7-5-4-6-8-11-16;1-4-5(2)3;1-2-3-4-5/h15-16H,3-12,14H2,1-2H3;4H2,1-3H3;5H,2-4H2,1H3. The first-order valence-electron chi connectivity index (χ1n) is 10.7. The van der Waals surface area contributed by atoms with Crippen LogP contribution in [0.25, 0.3) is 0 Å². The summed E-state index contributed by atoms with van der Waals surface area (Å²) in [7, 11) is 6.08. The summed E-state index contributed by atoms with van der Waals surface area (Å²) in [5.74, 6) is 0. The van der Waals surface area contributed by atoms with Crippen molar-refractivity contribution in [2.24, 2.45) is 5.73 Å². The Morgan fingerprint density at radius 1 is 0.808 bits per heavy atom. The Labute approximate surface area is 164 Å². The van der Waals surface area contributed by atoms with Crippen LogP contribution in [0.5, 0.6) is 0 Å². The lowest BCUT2D eigenvalue weighted by atomic mass is 9.88. The van der Waals surface area contributed by atoms with Gasteiger partial charge in [-0.05, 0) is 53.4 Å². The number of aliphatic hydroxyl groups excluding tert-OH is 2. The Morgan fingerprint density at radius 3 is 1.65 bits per heavy atom. The Balaban J connectivity index is -0.000000433. The lowest BCUT2D eigenvalue weighted by Crippen LogP contribution is -2.47. The lowest BCUT2D eigenvalue weighted by molar-refractivity contribution is 0.281. The molecule has 1 unspecified atom stereocenters. The minimum atomic E-state index is -0.0134. The second-order valence-electron chi connectivity index (χ2n) is 7.36. The van der Waals surface area contributed by atoms with Gasteiger partial charge in [0.1, 0.15) is 0 Å². The van der Waals surface area contributed by atoms with E-state index >= 15 is 0 Å². The summed E-state index contributed by atoms with van der Waals surface area (Å²) in [6.45, 7) is 9.10. The van der Waals surface area contributed by atoms with Crippen molar-refractivity contribution in [2.45, 2.75) is 90.5 Å². The average molecular weight is 378 g/mol. The summed E-state index contributed by atoms with van der Waals surface area (Å²) in [5, 5.41) is 19.9. The SMILES string of the molecule is CCCC(N)(CCCCCCCO)CNC.CCCCO.CCN(C)C. The number of unbranched alkanes of at least 4 members (excludes halogenated alkanes) is 5. The predicted octanol–water partition coefficient (Wildman–Crippen LogP) is 3.38. The normalized spacial score (nSPS) is 12.7. The molecular weight excluding hydrogens is 326 g/mol. The zero-order valence-corrected chi connectivity index (χ0v) is 18.8. The summed E-state index contributed by atoms with van der Waals surface area (Å²) in [6.07, 6.45) is 11.2. The molecule has 1 atom stereocenters. The third kappa shape index (κ3) is 28.6. The molecule has 0 radical (unpaired) electrons. The second kappa shape index (κ2) is 24.8. The molecule has 0 aromatic heterocycles. The summed E-state index contributed by atoms with van der Waals surface area (Å²) >= 11 is 0. The van der Waals surface area contributed by atoms with Gasteiger partial charge in [0.05, 0.1) is 0 Å². The zero-order valence-electron chi connectivity index (χ0n) is 18.8. The van der Waals surface area contributed by atoms with Crippen LogP contribution < -0.4 is 11.1 Å². The van der Waals surface area contributed by atoms with E-state index in [1.54, 1.807) is 0 Å². The number of nitrogens with two attached hydrogens (primary N) is 1. The molecule has 0 aromatic carbocycles. The van der Waals surface area contributed by atoms with Crippen LogP contribution in [0.15, 0.2) is 0 Å². The summed E-state index contributed by atoms with van der Waals surface area (Å²) in [4.78, 5) is 2.12. The molecule has 0 aliphatic rings. The number of aliphatic hydroxyl groups is 2. The van der Waals surface area contributed by atoms with Gasteiger partial charge in [0.2, 0.25) is 0 Å². The fourth-order valence-corrected chi connectivity index (χ4v) is 2.43. The molecule has 0 spiro atoms. The van der Waals surface area contributed by atoms with Crippen molar-refractivity contribution in [3.8, 4) is 0 Å². The van der Waals surface area contributed by atoms with Crippen LogP contribution in [0.1, 0.15) is 85.0 Å². The summed E-state index contributed by atoms with van der Waals surface area (Å²) in [6, 6.07) is 0. The van der Waals surface area contributed by atoms with E-state index in [2.05, 4.69) is 45.1 Å². The molecule has 162 valence electrons. The second-order valence-corrected chi connectivity index (χ2v) is 7.36. The van der Waals surface area contributed by atoms with E-state index in [9.17, 15) is 0 Å². The number of hydrogen-bond donors (Lipinski definition) is 4. The maximum absolute atomic E-state index is 8.66. The fourth-order valence-electron chi connectivity index (χ4n) is 2.43. The molecule has 0 aromatic rings. The monoisotopic (exact) mass is 377 g/mol. The van der Waals surface area contributed by atoms with E-state index in [-0.39, 0.29) is 5.54 Å². The Bertz CT molecular complexity index is 231. The van der Waals surface area contributed by atoms with Gasteiger partial charge < -0.3 is 26.2 Å². The smallest absolute Gasteiger partial charge is 0.0431 e. The van der Waals surface area contributed by atoms with E-state index in [1.165, 1.54) is 19.3 Å². The van der Waals surface area contributed by atoms with E-state index in [0.717, 1.165) is 58.0 Å². The molecule has 0 aliphatic carbocycles. The van der Waals surface area contributed by atoms with E-state index in [4.69, 9.17) is 15.9 Å². The molecule has 0 saturated heterocycles. The summed E-state index contributed by atoms with van der Waals surface area (Å²) < 4.78 is 0. The van der Waals surface area contributed by atoms with Crippen molar-refractivity contribution in [3.05, 3.63) is 0 Å². The van der Waals surface area contributed by atoms with Crippen molar-refractivity contribution in [3.63, 3.8) is 0 Å². The highest BCUT2D eigenvalue weighted by Gasteiger charge is 2.21. The Hall–Kier alpha value is -0.200. The molecule has 5 nitrogen and oxygen atoms in total. The number of nitrogens with zero attached hydrogens (tertiary/aromatic N) is 1. The highest BCUT2D eigenvalue weighted by molar-refractivity contribution is 4.85. The first kappa shape index (κ1) is 30.5. The van der Waals surface area contributed by atoms with Crippen LogP contribution in [0.4, 0.5) is 0 Å². The topological polar surface area (TPSA) is 81.8 Å². The first-order chi connectivity index (χ1) is 12.4. The van der Waals surface area contributed by atoms with Gasteiger partial charge in [-0.1, -0.05) is 59.3 Å². The third-order valence-electron chi connectivity index (χ3n) is 4.25. The third-order valence-corrected chi connectivity index (χ3v) is 4.25. The van der Waals surface area contributed by atoms with Crippen molar-refractivity contribution < 1.29 is 10.2 Å². The van der Waals surface area contributed by atoms with E-state index in [0.29, 0.717) is 13.2 Å². The maximum atomic E-state index is 8.66. The molecule has 0 bridgehead atoms. The average Bonchev–Trinajstić information content (AvgIpc) is 2.60. The molecule has 5 heteroatoms. The van der Waals surface area contributed by atoms with Gasteiger partial charge in [-0.2, -0.15) is 0 Å². The van der Waals surface area contributed by atoms with E-state index in [1.807, 2.05) is 7.05 Å². The van der Waals surface area contributed by atoms with Gasteiger partial charge in [0, 0.05) is 25.3 Å². The van der Waals surface area contributed by atoms with Crippen LogP contribution in [-0.2, 0) is 0 Å². The fraction of sp³-hybridized carbons (Fsp3) is 1.00. The zero-order chi connectivity index (χ0) is 20.7. The maximum Gasteiger partial charge on any atom is 0.0431 e. The lowest BCUT2D eigenvalue weighted by Gasteiger charge is -2.29.